The second-order valence-electron chi connectivity index (χ2n) is 23.9. The van der Waals surface area contributed by atoms with Crippen LogP contribution in [-0.2, 0) is 16.2 Å². The van der Waals surface area contributed by atoms with Crippen molar-refractivity contribution in [3.63, 3.8) is 0 Å². The van der Waals surface area contributed by atoms with Gasteiger partial charge in [0.2, 0.25) is 0 Å². The molecule has 386 valence electrons. The topological polar surface area (TPSA) is 33.5 Å². The zero-order chi connectivity index (χ0) is 54.1. The smallest absolute Gasteiger partial charge is 0.137 e. The lowest BCUT2D eigenvalue weighted by Gasteiger charge is -2.30. The Morgan fingerprint density at radius 2 is 0.974 bits per heavy atom. The van der Waals surface area contributed by atoms with Crippen LogP contribution in [0, 0.1) is 5.82 Å². The second kappa shape index (κ2) is 19.4. The molecule has 0 aliphatic carbocycles. The van der Waals surface area contributed by atoms with Crippen molar-refractivity contribution in [1.82, 2.24) is 9.55 Å². The number of hydrogen-bond donors (Lipinski definition) is 0. The van der Waals surface area contributed by atoms with Crippen LogP contribution in [0.25, 0.3) is 72.1 Å². The first kappa shape index (κ1) is 50.1. The highest BCUT2D eigenvalue weighted by Crippen LogP contribution is 2.53. The first-order valence-electron chi connectivity index (χ1n) is 27.1. The van der Waals surface area contributed by atoms with Crippen molar-refractivity contribution in [3.05, 3.63) is 241 Å². The molecular weight excluding hydrogens is 956 g/mol. The Hall–Kier alpha value is -8.74. The third-order valence-electron chi connectivity index (χ3n) is 15.4. The summed E-state index contributed by atoms with van der Waals surface area (Å²) in [6.07, 6.45) is 1.92. The normalized spacial score (nSPS) is 12.9. The van der Waals surface area contributed by atoms with E-state index in [1.165, 1.54) is 16.7 Å². The van der Waals surface area contributed by atoms with Gasteiger partial charge in [0.1, 0.15) is 29.8 Å². The molecule has 0 atom stereocenters. The van der Waals surface area contributed by atoms with Crippen LogP contribution in [0.5, 0.6) is 11.5 Å². The number of aromatic nitrogens is 2. The van der Waals surface area contributed by atoms with E-state index in [1.807, 2.05) is 18.3 Å². The molecule has 0 saturated carbocycles. The summed E-state index contributed by atoms with van der Waals surface area (Å²) in [6.45, 7) is 21.0. The number of benzene rings is 9. The molecule has 0 saturated heterocycles. The fourth-order valence-electron chi connectivity index (χ4n) is 11.1. The van der Waals surface area contributed by atoms with Crippen LogP contribution in [0.4, 0.5) is 27.1 Å². The number of anilines is 4. The second-order valence-corrected chi connectivity index (χ2v) is 23.9. The van der Waals surface area contributed by atoms with Gasteiger partial charge in [-0.2, -0.15) is 0 Å². The summed E-state index contributed by atoms with van der Waals surface area (Å²) in [7, 11) is 0. The Kier molecular flexibility index (Phi) is 12.4. The maximum atomic E-state index is 15.0. The fraction of sp³-hybridized carbons (Fsp3) is 0.181. The zero-order valence-corrected chi connectivity index (χ0v) is 46.1. The molecular formula is C72H65FN4O. The highest BCUT2D eigenvalue weighted by molar-refractivity contribution is 6.09. The van der Waals surface area contributed by atoms with Gasteiger partial charge < -0.3 is 14.5 Å². The molecule has 11 aromatic rings. The minimum Gasteiger partial charge on any atom is -0.457 e. The van der Waals surface area contributed by atoms with Gasteiger partial charge in [-0.25, -0.2) is 9.37 Å². The Labute approximate surface area is 458 Å². The third-order valence-corrected chi connectivity index (χ3v) is 15.4. The molecule has 78 heavy (non-hydrogen) atoms. The Balaban J connectivity index is 1.04. The van der Waals surface area contributed by atoms with Crippen LogP contribution in [0.3, 0.4) is 0 Å². The molecule has 3 heterocycles. The van der Waals surface area contributed by atoms with Crippen molar-refractivity contribution in [1.29, 1.82) is 0 Å². The summed E-state index contributed by atoms with van der Waals surface area (Å²) in [5.41, 5.74) is 18.2. The Morgan fingerprint density at radius 1 is 0.410 bits per heavy atom. The molecule has 0 fully saturated rings. The van der Waals surface area contributed by atoms with Crippen LogP contribution >= 0.6 is 0 Å². The van der Waals surface area contributed by atoms with Gasteiger partial charge in [0.25, 0.3) is 0 Å². The van der Waals surface area contributed by atoms with Gasteiger partial charge in [-0.15, -0.1) is 0 Å². The minimum atomic E-state index is -0.272. The number of halogens is 1. The van der Waals surface area contributed by atoms with Gasteiger partial charge in [0.05, 0.1) is 28.1 Å². The molecule has 9 aromatic carbocycles. The van der Waals surface area contributed by atoms with Gasteiger partial charge in [0.15, 0.2) is 0 Å². The predicted molar refractivity (Wildman–Crippen MR) is 325 cm³/mol. The summed E-state index contributed by atoms with van der Waals surface area (Å²) in [5, 5.41) is 2.29. The SMILES string of the molecule is CC(C)(C)c1cc(-c2cc(-c3ccccc3)cc(-c3ccc(F)cc3)c2N2CN(c3cc(Oc4ccc5c6ccccc6n(-c6cc(C(C)(C)C)ccn6)c5c4)cc(-c4ccccc4)c3)c3ccccc32)cc(C(C)(C)C)c1. The van der Waals surface area contributed by atoms with E-state index in [9.17, 15) is 4.39 Å². The van der Waals surface area contributed by atoms with E-state index in [0.717, 1.165) is 101 Å². The van der Waals surface area contributed by atoms with E-state index in [2.05, 4.69) is 265 Å². The molecule has 0 radical (unpaired) electrons. The van der Waals surface area contributed by atoms with Crippen LogP contribution in [0.15, 0.2) is 219 Å². The number of pyridine rings is 1. The standard InChI is InChI=1S/C72H65FN4O/c1-70(2,3)53-34-35-74-68(43-53)77-64-25-17-16-24-60(64)61-33-32-58(45-67(61)77)78-59-39-50(47-20-12-10-13-21-47)38-57(44-59)75-46-76(66-27-19-18-26-65(66)75)69-62(49-28-30-56(73)31-29-49)40-51(48-22-14-11-15-23-48)41-63(69)52-36-54(71(4,5)6)42-55(37-52)72(7,8)9/h10-45H,46H2,1-9H3. The van der Waals surface area contributed by atoms with Crippen molar-refractivity contribution in [2.45, 2.75) is 78.6 Å². The number of hydrogen-bond acceptors (Lipinski definition) is 4. The number of rotatable bonds is 9. The van der Waals surface area contributed by atoms with Crippen LogP contribution in [0.2, 0.25) is 0 Å². The van der Waals surface area contributed by atoms with E-state index < -0.39 is 0 Å². The van der Waals surface area contributed by atoms with Crippen molar-refractivity contribution < 1.29 is 9.13 Å². The molecule has 1 aliphatic heterocycles. The van der Waals surface area contributed by atoms with E-state index in [0.29, 0.717) is 12.4 Å². The molecule has 0 amide bonds. The molecule has 0 bridgehead atoms. The lowest BCUT2D eigenvalue weighted by atomic mass is 9.78. The molecule has 6 heteroatoms. The van der Waals surface area contributed by atoms with Gasteiger partial charge in [-0.3, -0.25) is 4.57 Å². The van der Waals surface area contributed by atoms with Crippen LogP contribution in [-0.4, -0.2) is 16.2 Å². The van der Waals surface area contributed by atoms with Crippen molar-refractivity contribution in [3.8, 4) is 61.8 Å². The summed E-state index contributed by atoms with van der Waals surface area (Å²) < 4.78 is 24.4. The first-order chi connectivity index (χ1) is 37.4. The van der Waals surface area contributed by atoms with Crippen molar-refractivity contribution in [2.24, 2.45) is 0 Å². The Bertz CT molecular complexity index is 4010. The third kappa shape index (κ3) is 9.51. The molecule has 0 unspecified atom stereocenters. The van der Waals surface area contributed by atoms with Crippen LogP contribution < -0.4 is 14.5 Å². The number of fused-ring (bicyclic) bond motifs is 4. The average Bonchev–Trinajstić information content (AvgIpc) is 4.20. The maximum Gasteiger partial charge on any atom is 0.137 e. The lowest BCUT2D eigenvalue weighted by Crippen LogP contribution is -2.25. The maximum absolute atomic E-state index is 15.0. The Morgan fingerprint density at radius 3 is 1.62 bits per heavy atom. The molecule has 12 rings (SSSR count). The highest BCUT2D eigenvalue weighted by Gasteiger charge is 2.33. The lowest BCUT2D eigenvalue weighted by molar-refractivity contribution is 0.483. The number of ether oxygens (including phenoxy) is 1. The fourth-order valence-corrected chi connectivity index (χ4v) is 11.1. The van der Waals surface area contributed by atoms with Gasteiger partial charge in [0, 0.05) is 45.9 Å². The summed E-state index contributed by atoms with van der Waals surface area (Å²) >= 11 is 0. The molecule has 1 aliphatic rings. The minimum absolute atomic E-state index is 0.0482. The van der Waals surface area contributed by atoms with Gasteiger partial charge in [-0.05, 0) is 145 Å². The zero-order valence-electron chi connectivity index (χ0n) is 46.1. The number of para-hydroxylation sites is 3. The first-order valence-corrected chi connectivity index (χ1v) is 27.1. The molecule has 2 aromatic heterocycles. The van der Waals surface area contributed by atoms with Crippen molar-refractivity contribution >= 4 is 44.6 Å². The highest BCUT2D eigenvalue weighted by atomic mass is 19.1. The summed E-state index contributed by atoms with van der Waals surface area (Å²) in [4.78, 5) is 9.81. The molecule has 0 spiro atoms. The van der Waals surface area contributed by atoms with Gasteiger partial charge in [-0.1, -0.05) is 184 Å². The van der Waals surface area contributed by atoms with Crippen molar-refractivity contribution in [2.75, 3.05) is 16.5 Å². The van der Waals surface area contributed by atoms with Gasteiger partial charge >= 0.3 is 0 Å². The summed E-state index contributed by atoms with van der Waals surface area (Å²) in [5.74, 6) is 2.03. The quantitative estimate of drug-likeness (QED) is 0.144. The molecule has 5 nitrogen and oxygen atoms in total. The van der Waals surface area contributed by atoms with E-state index in [-0.39, 0.29) is 22.1 Å². The summed E-state index contributed by atoms with van der Waals surface area (Å²) in [6, 6.07) is 74.5. The monoisotopic (exact) mass is 1020 g/mol. The van der Waals surface area contributed by atoms with E-state index in [1.54, 1.807) is 12.1 Å². The van der Waals surface area contributed by atoms with E-state index >= 15 is 0 Å². The molecule has 0 N–H and O–H groups in total. The van der Waals surface area contributed by atoms with Crippen LogP contribution in [0.1, 0.15) is 79.0 Å². The van der Waals surface area contributed by atoms with E-state index in [4.69, 9.17) is 9.72 Å². The number of nitrogens with zero attached hydrogens (tertiary/aromatic N) is 4. The average molecular weight is 1020 g/mol. The predicted octanol–water partition coefficient (Wildman–Crippen LogP) is 19.9. The largest absolute Gasteiger partial charge is 0.457 e.